The largest absolute Gasteiger partial charge is 0.494 e. The lowest BCUT2D eigenvalue weighted by Gasteiger charge is -2.05. The van der Waals surface area contributed by atoms with Gasteiger partial charge in [0.15, 0.2) is 0 Å². The maximum absolute atomic E-state index is 5.49. The predicted molar refractivity (Wildman–Crippen MR) is 72.4 cm³/mol. The van der Waals surface area contributed by atoms with Crippen LogP contribution in [0.2, 0.25) is 0 Å². The van der Waals surface area contributed by atoms with Crippen LogP contribution in [0.1, 0.15) is 6.92 Å². The van der Waals surface area contributed by atoms with Crippen molar-refractivity contribution >= 4 is 22.6 Å². The van der Waals surface area contributed by atoms with Gasteiger partial charge in [0.2, 0.25) is 0 Å². The van der Waals surface area contributed by atoms with Crippen molar-refractivity contribution < 1.29 is 9.47 Å². The highest BCUT2D eigenvalue weighted by Gasteiger charge is 2.00. The molecule has 0 fully saturated rings. The van der Waals surface area contributed by atoms with E-state index in [1.807, 2.05) is 31.2 Å². The van der Waals surface area contributed by atoms with Gasteiger partial charge in [-0.25, -0.2) is 9.97 Å². The molecule has 0 radical (unpaired) electrons. The third-order valence-electron chi connectivity index (χ3n) is 1.94. The van der Waals surface area contributed by atoms with Crippen LogP contribution in [0, 0.1) is 3.57 Å². The standard InChI is InChI=1S/C12H11IN2O2/c1-2-16-10-3-5-11(6-4-10)17-12-14-7-9(13)8-15-12/h3-8H,2H2,1H3. The van der Waals surface area contributed by atoms with Crippen LogP contribution in [0.15, 0.2) is 36.7 Å². The average Bonchev–Trinajstić information content (AvgIpc) is 2.35. The van der Waals surface area contributed by atoms with Crippen LogP contribution in [0.3, 0.4) is 0 Å². The molecule has 5 heteroatoms. The van der Waals surface area contributed by atoms with E-state index in [0.29, 0.717) is 18.4 Å². The lowest BCUT2D eigenvalue weighted by molar-refractivity contribution is 0.339. The van der Waals surface area contributed by atoms with Crippen LogP contribution >= 0.6 is 22.6 Å². The van der Waals surface area contributed by atoms with Crippen molar-refractivity contribution in [2.75, 3.05) is 6.61 Å². The summed E-state index contributed by atoms with van der Waals surface area (Å²) in [4.78, 5) is 8.12. The Hall–Kier alpha value is -1.37. The van der Waals surface area contributed by atoms with Crippen molar-refractivity contribution in [2.45, 2.75) is 6.92 Å². The minimum absolute atomic E-state index is 0.342. The maximum atomic E-state index is 5.49. The highest BCUT2D eigenvalue weighted by Crippen LogP contribution is 2.21. The van der Waals surface area contributed by atoms with Gasteiger partial charge in [0.1, 0.15) is 11.5 Å². The van der Waals surface area contributed by atoms with Crippen LogP contribution in [0.4, 0.5) is 0 Å². The zero-order valence-corrected chi connectivity index (χ0v) is 11.4. The second-order valence-electron chi connectivity index (χ2n) is 3.19. The van der Waals surface area contributed by atoms with E-state index in [1.165, 1.54) is 0 Å². The molecule has 17 heavy (non-hydrogen) atoms. The molecule has 4 nitrogen and oxygen atoms in total. The first-order valence-electron chi connectivity index (χ1n) is 5.16. The summed E-state index contributed by atoms with van der Waals surface area (Å²) in [5.41, 5.74) is 0. The van der Waals surface area contributed by atoms with Crippen molar-refractivity contribution in [2.24, 2.45) is 0 Å². The van der Waals surface area contributed by atoms with Gasteiger partial charge < -0.3 is 9.47 Å². The highest BCUT2D eigenvalue weighted by atomic mass is 127. The van der Waals surface area contributed by atoms with Gasteiger partial charge in [0.25, 0.3) is 0 Å². The first-order chi connectivity index (χ1) is 8.28. The number of aromatic nitrogens is 2. The molecule has 1 heterocycles. The monoisotopic (exact) mass is 342 g/mol. The zero-order valence-electron chi connectivity index (χ0n) is 9.26. The fourth-order valence-electron chi connectivity index (χ4n) is 1.23. The third-order valence-corrected chi connectivity index (χ3v) is 2.50. The Morgan fingerprint density at radius 1 is 1.06 bits per heavy atom. The summed E-state index contributed by atoms with van der Waals surface area (Å²) >= 11 is 2.14. The van der Waals surface area contributed by atoms with Gasteiger partial charge in [0.05, 0.1) is 6.61 Å². The van der Waals surface area contributed by atoms with Gasteiger partial charge >= 0.3 is 6.01 Å². The van der Waals surface area contributed by atoms with Gasteiger partial charge in [-0.3, -0.25) is 0 Å². The molecular weight excluding hydrogens is 331 g/mol. The molecule has 0 aliphatic heterocycles. The first-order valence-corrected chi connectivity index (χ1v) is 6.24. The summed E-state index contributed by atoms with van der Waals surface area (Å²) in [5, 5.41) is 0. The van der Waals surface area contributed by atoms with E-state index in [4.69, 9.17) is 9.47 Å². The predicted octanol–water partition coefficient (Wildman–Crippen LogP) is 3.27. The Balaban J connectivity index is 2.05. The lowest BCUT2D eigenvalue weighted by atomic mass is 10.3. The molecule has 2 rings (SSSR count). The van der Waals surface area contributed by atoms with Gasteiger partial charge in [-0.2, -0.15) is 0 Å². The highest BCUT2D eigenvalue weighted by molar-refractivity contribution is 14.1. The summed E-state index contributed by atoms with van der Waals surface area (Å²) in [6.45, 7) is 2.60. The van der Waals surface area contributed by atoms with Crippen LogP contribution < -0.4 is 9.47 Å². The molecule has 0 unspecified atom stereocenters. The van der Waals surface area contributed by atoms with E-state index in [1.54, 1.807) is 12.4 Å². The molecule has 0 saturated heterocycles. The molecule has 2 aromatic rings. The van der Waals surface area contributed by atoms with Crippen LogP contribution in [-0.2, 0) is 0 Å². The zero-order chi connectivity index (χ0) is 12.1. The summed E-state index contributed by atoms with van der Waals surface area (Å²) in [7, 11) is 0. The molecule has 0 saturated carbocycles. The molecule has 1 aromatic carbocycles. The fourth-order valence-corrected chi connectivity index (χ4v) is 1.51. The SMILES string of the molecule is CCOc1ccc(Oc2ncc(I)cn2)cc1. The number of benzene rings is 1. The smallest absolute Gasteiger partial charge is 0.321 e. The van der Waals surface area contributed by atoms with E-state index in [9.17, 15) is 0 Å². The topological polar surface area (TPSA) is 44.2 Å². The lowest BCUT2D eigenvalue weighted by Crippen LogP contribution is -1.93. The summed E-state index contributed by atoms with van der Waals surface area (Å²) in [6.07, 6.45) is 3.41. The van der Waals surface area contributed by atoms with Gasteiger partial charge in [0, 0.05) is 16.0 Å². The van der Waals surface area contributed by atoms with E-state index >= 15 is 0 Å². The number of halogens is 1. The molecule has 0 aliphatic carbocycles. The summed E-state index contributed by atoms with van der Waals surface area (Å²) < 4.78 is 11.8. The quantitative estimate of drug-likeness (QED) is 0.800. The van der Waals surface area contributed by atoms with Crippen molar-refractivity contribution in [1.82, 2.24) is 9.97 Å². The van der Waals surface area contributed by atoms with Crippen molar-refractivity contribution in [3.8, 4) is 17.5 Å². The normalized spacial score (nSPS) is 10.0. The average molecular weight is 342 g/mol. The number of ether oxygens (including phenoxy) is 2. The molecule has 0 aliphatic rings. The molecule has 0 amide bonds. The number of rotatable bonds is 4. The Morgan fingerprint density at radius 2 is 1.65 bits per heavy atom. The summed E-state index contributed by atoms with van der Waals surface area (Å²) in [5.74, 6) is 1.51. The van der Waals surface area contributed by atoms with Gasteiger partial charge in [-0.05, 0) is 53.8 Å². The van der Waals surface area contributed by atoms with E-state index in [2.05, 4.69) is 32.6 Å². The number of nitrogens with zero attached hydrogens (tertiary/aromatic N) is 2. The molecule has 0 spiro atoms. The second kappa shape index (κ2) is 5.81. The van der Waals surface area contributed by atoms with Gasteiger partial charge in [-0.15, -0.1) is 0 Å². The van der Waals surface area contributed by atoms with Crippen molar-refractivity contribution in [1.29, 1.82) is 0 Å². The third kappa shape index (κ3) is 3.55. The molecule has 0 bridgehead atoms. The Labute approximate surface area is 113 Å². The van der Waals surface area contributed by atoms with Gasteiger partial charge in [-0.1, -0.05) is 0 Å². The second-order valence-corrected chi connectivity index (χ2v) is 4.44. The molecule has 88 valence electrons. The first kappa shape index (κ1) is 12.1. The minimum Gasteiger partial charge on any atom is -0.494 e. The van der Waals surface area contributed by atoms with Crippen LogP contribution in [-0.4, -0.2) is 16.6 Å². The molecule has 1 aromatic heterocycles. The van der Waals surface area contributed by atoms with Crippen LogP contribution in [0.5, 0.6) is 17.5 Å². The molecule has 0 N–H and O–H groups in total. The Kier molecular flexibility index (Phi) is 4.13. The summed E-state index contributed by atoms with van der Waals surface area (Å²) in [6, 6.07) is 7.70. The number of hydrogen-bond acceptors (Lipinski definition) is 4. The van der Waals surface area contributed by atoms with Crippen LogP contribution in [0.25, 0.3) is 0 Å². The Bertz CT molecular complexity index is 471. The molecule has 0 atom stereocenters. The van der Waals surface area contributed by atoms with E-state index < -0.39 is 0 Å². The maximum Gasteiger partial charge on any atom is 0.321 e. The van der Waals surface area contributed by atoms with Crippen molar-refractivity contribution in [3.05, 3.63) is 40.2 Å². The fraction of sp³-hybridized carbons (Fsp3) is 0.167. The van der Waals surface area contributed by atoms with E-state index in [-0.39, 0.29) is 0 Å². The molecular formula is C12H11IN2O2. The number of hydrogen-bond donors (Lipinski definition) is 0. The Morgan fingerprint density at radius 3 is 2.24 bits per heavy atom. The van der Waals surface area contributed by atoms with E-state index in [0.717, 1.165) is 9.32 Å². The van der Waals surface area contributed by atoms with Crippen molar-refractivity contribution in [3.63, 3.8) is 0 Å². The minimum atomic E-state index is 0.342.